The molecule has 2 aromatic carbocycles. The molecule has 1 aliphatic heterocycles. The molecule has 4 rings (SSSR count). The van der Waals surface area contributed by atoms with E-state index in [-0.39, 0.29) is 11.9 Å². The standard InChI is InChI=1S/C24H28ClN5OS/c1-17-3-2-4-19(15-17)23-27-28-24(32)30(23)14-11-22(31)26-21-9-12-29(13-10-21)16-18-5-7-20(25)8-6-18/h2-8,15,21H,9-14,16H2,1H3,(H,26,31)(H,28,32). The van der Waals surface area contributed by atoms with Gasteiger partial charge < -0.3 is 5.32 Å². The molecule has 1 amide bonds. The number of hydrogen-bond donors (Lipinski definition) is 2. The van der Waals surface area contributed by atoms with E-state index < -0.39 is 0 Å². The van der Waals surface area contributed by atoms with Crippen molar-refractivity contribution in [2.75, 3.05) is 13.1 Å². The SMILES string of the molecule is Cc1cccc(-c2n[nH]c(=S)n2CCC(=O)NC2CCN(Cc3ccc(Cl)cc3)CC2)c1. The molecule has 0 spiro atoms. The van der Waals surface area contributed by atoms with Crippen LogP contribution in [0.5, 0.6) is 0 Å². The first-order chi connectivity index (χ1) is 15.5. The van der Waals surface area contributed by atoms with Gasteiger partial charge in [-0.15, -0.1) is 0 Å². The van der Waals surface area contributed by atoms with E-state index in [9.17, 15) is 4.79 Å². The first-order valence-corrected chi connectivity index (χ1v) is 11.7. The number of carbonyl (C=O) groups excluding carboxylic acids is 1. The smallest absolute Gasteiger partial charge is 0.222 e. The average Bonchev–Trinajstić information content (AvgIpc) is 3.15. The molecule has 1 fully saturated rings. The molecule has 0 atom stereocenters. The Labute approximate surface area is 198 Å². The summed E-state index contributed by atoms with van der Waals surface area (Å²) in [7, 11) is 0. The number of nitrogens with one attached hydrogen (secondary N) is 2. The van der Waals surface area contributed by atoms with Crippen LogP contribution in [0.2, 0.25) is 5.02 Å². The second-order valence-electron chi connectivity index (χ2n) is 8.37. The molecule has 0 saturated carbocycles. The summed E-state index contributed by atoms with van der Waals surface area (Å²) in [5.41, 5.74) is 3.41. The minimum absolute atomic E-state index is 0.0550. The predicted octanol–water partition coefficient (Wildman–Crippen LogP) is 4.74. The van der Waals surface area contributed by atoms with Crippen molar-refractivity contribution in [3.05, 3.63) is 69.5 Å². The Balaban J connectivity index is 1.26. The quantitative estimate of drug-likeness (QED) is 0.490. The van der Waals surface area contributed by atoms with Gasteiger partial charge >= 0.3 is 0 Å². The van der Waals surface area contributed by atoms with Crippen molar-refractivity contribution in [2.45, 2.75) is 45.3 Å². The molecular weight excluding hydrogens is 442 g/mol. The lowest BCUT2D eigenvalue weighted by molar-refractivity contribution is -0.122. The largest absolute Gasteiger partial charge is 0.353 e. The van der Waals surface area contributed by atoms with E-state index in [0.29, 0.717) is 17.7 Å². The third-order valence-corrected chi connectivity index (χ3v) is 6.43. The van der Waals surface area contributed by atoms with Crippen LogP contribution >= 0.6 is 23.8 Å². The minimum atomic E-state index is 0.0550. The Bertz CT molecular complexity index is 1120. The van der Waals surface area contributed by atoms with Gasteiger partial charge in [-0.2, -0.15) is 5.10 Å². The van der Waals surface area contributed by atoms with Crippen LogP contribution in [-0.4, -0.2) is 44.7 Å². The van der Waals surface area contributed by atoms with Gasteiger partial charge in [0, 0.05) is 49.2 Å². The van der Waals surface area contributed by atoms with Gasteiger partial charge in [0.05, 0.1) is 0 Å². The molecule has 0 radical (unpaired) electrons. The van der Waals surface area contributed by atoms with Crippen molar-refractivity contribution < 1.29 is 4.79 Å². The lowest BCUT2D eigenvalue weighted by Gasteiger charge is -2.32. The number of likely N-dealkylation sites (tertiary alicyclic amines) is 1. The lowest BCUT2D eigenvalue weighted by Crippen LogP contribution is -2.44. The van der Waals surface area contributed by atoms with Crippen LogP contribution in [0.4, 0.5) is 0 Å². The number of H-pyrrole nitrogens is 1. The molecule has 168 valence electrons. The van der Waals surface area contributed by atoms with E-state index >= 15 is 0 Å². The topological polar surface area (TPSA) is 66.0 Å². The second kappa shape index (κ2) is 10.4. The summed E-state index contributed by atoms with van der Waals surface area (Å²) in [6.45, 7) is 5.40. The Morgan fingerprint density at radius 3 is 2.69 bits per heavy atom. The highest BCUT2D eigenvalue weighted by Gasteiger charge is 2.21. The minimum Gasteiger partial charge on any atom is -0.353 e. The van der Waals surface area contributed by atoms with Gasteiger partial charge in [0.2, 0.25) is 5.91 Å². The van der Waals surface area contributed by atoms with E-state index in [0.717, 1.165) is 54.4 Å². The van der Waals surface area contributed by atoms with E-state index in [1.54, 1.807) is 0 Å². The van der Waals surface area contributed by atoms with Crippen LogP contribution in [0.25, 0.3) is 11.4 Å². The Morgan fingerprint density at radius 1 is 1.22 bits per heavy atom. The van der Waals surface area contributed by atoms with Crippen molar-refractivity contribution >= 4 is 29.7 Å². The predicted molar refractivity (Wildman–Crippen MR) is 130 cm³/mol. The number of benzene rings is 2. The van der Waals surface area contributed by atoms with Crippen LogP contribution in [0.15, 0.2) is 48.5 Å². The third kappa shape index (κ3) is 5.85. The molecule has 8 heteroatoms. The zero-order valence-corrected chi connectivity index (χ0v) is 19.8. The number of aromatic amines is 1. The maximum Gasteiger partial charge on any atom is 0.222 e. The molecule has 1 saturated heterocycles. The Kier molecular flexibility index (Phi) is 7.40. The number of rotatable bonds is 7. The number of aryl methyl sites for hydroxylation is 1. The zero-order chi connectivity index (χ0) is 22.5. The van der Waals surface area contributed by atoms with Crippen molar-refractivity contribution in [3.63, 3.8) is 0 Å². The molecule has 0 unspecified atom stereocenters. The number of amides is 1. The first-order valence-electron chi connectivity index (χ1n) is 11.0. The maximum absolute atomic E-state index is 12.6. The zero-order valence-electron chi connectivity index (χ0n) is 18.2. The third-order valence-electron chi connectivity index (χ3n) is 5.87. The van der Waals surface area contributed by atoms with Gasteiger partial charge in [0.25, 0.3) is 0 Å². The van der Waals surface area contributed by atoms with E-state index in [1.165, 1.54) is 5.56 Å². The fraction of sp³-hybridized carbons (Fsp3) is 0.375. The van der Waals surface area contributed by atoms with Crippen LogP contribution in [0.1, 0.15) is 30.4 Å². The van der Waals surface area contributed by atoms with Crippen LogP contribution in [0.3, 0.4) is 0 Å². The van der Waals surface area contributed by atoms with Gasteiger partial charge in [-0.25, -0.2) is 0 Å². The number of carbonyl (C=O) groups is 1. The van der Waals surface area contributed by atoms with Crippen molar-refractivity contribution in [3.8, 4) is 11.4 Å². The summed E-state index contributed by atoms with van der Waals surface area (Å²) < 4.78 is 2.43. The van der Waals surface area contributed by atoms with E-state index in [2.05, 4.69) is 38.6 Å². The van der Waals surface area contributed by atoms with E-state index in [4.69, 9.17) is 23.8 Å². The number of hydrogen-bond acceptors (Lipinski definition) is 4. The average molecular weight is 470 g/mol. The molecule has 1 aromatic heterocycles. The number of aromatic nitrogens is 3. The molecule has 0 bridgehead atoms. The molecule has 0 aliphatic carbocycles. The van der Waals surface area contributed by atoms with Gasteiger partial charge in [-0.3, -0.25) is 19.4 Å². The van der Waals surface area contributed by atoms with E-state index in [1.807, 2.05) is 41.8 Å². The van der Waals surface area contributed by atoms with Gasteiger partial charge in [0.1, 0.15) is 0 Å². The summed E-state index contributed by atoms with van der Waals surface area (Å²) in [6.07, 6.45) is 2.29. The highest BCUT2D eigenvalue weighted by Crippen LogP contribution is 2.19. The molecule has 2 heterocycles. The first kappa shape index (κ1) is 22.7. The fourth-order valence-electron chi connectivity index (χ4n) is 4.13. The number of piperidine rings is 1. The lowest BCUT2D eigenvalue weighted by atomic mass is 10.0. The fourth-order valence-corrected chi connectivity index (χ4v) is 4.48. The summed E-state index contributed by atoms with van der Waals surface area (Å²) in [4.78, 5) is 15.0. The van der Waals surface area contributed by atoms with Gasteiger partial charge in [-0.1, -0.05) is 47.5 Å². The van der Waals surface area contributed by atoms with Crippen LogP contribution < -0.4 is 5.32 Å². The van der Waals surface area contributed by atoms with Crippen molar-refractivity contribution in [1.82, 2.24) is 25.0 Å². The number of halogens is 1. The molecular formula is C24H28ClN5OS. The van der Waals surface area contributed by atoms with Gasteiger partial charge in [0.15, 0.2) is 10.6 Å². The molecule has 3 aromatic rings. The molecule has 1 aliphatic rings. The summed E-state index contributed by atoms with van der Waals surface area (Å²) >= 11 is 11.4. The summed E-state index contributed by atoms with van der Waals surface area (Å²) in [5, 5.41) is 11.2. The normalized spacial score (nSPS) is 15.1. The summed E-state index contributed by atoms with van der Waals surface area (Å²) in [5.74, 6) is 0.821. The molecule has 6 nitrogen and oxygen atoms in total. The molecule has 2 N–H and O–H groups in total. The Hall–Kier alpha value is -2.48. The maximum atomic E-state index is 12.6. The monoisotopic (exact) mass is 469 g/mol. The Morgan fingerprint density at radius 2 is 1.97 bits per heavy atom. The van der Waals surface area contributed by atoms with Crippen LogP contribution in [-0.2, 0) is 17.9 Å². The van der Waals surface area contributed by atoms with Gasteiger partial charge in [-0.05, 0) is 55.7 Å². The highest BCUT2D eigenvalue weighted by molar-refractivity contribution is 7.71. The summed E-state index contributed by atoms with van der Waals surface area (Å²) in [6, 6.07) is 16.3. The highest BCUT2D eigenvalue weighted by atomic mass is 35.5. The second-order valence-corrected chi connectivity index (χ2v) is 9.19. The molecule has 32 heavy (non-hydrogen) atoms. The van der Waals surface area contributed by atoms with Crippen molar-refractivity contribution in [1.29, 1.82) is 0 Å². The van der Waals surface area contributed by atoms with Crippen molar-refractivity contribution in [2.24, 2.45) is 0 Å². The van der Waals surface area contributed by atoms with Crippen LogP contribution in [0, 0.1) is 11.7 Å². The number of nitrogens with zero attached hydrogens (tertiary/aromatic N) is 3.